The van der Waals surface area contributed by atoms with E-state index in [0.29, 0.717) is 5.57 Å². The summed E-state index contributed by atoms with van der Waals surface area (Å²) in [7, 11) is 0. The Kier molecular flexibility index (Phi) is 10.7. The topological polar surface area (TPSA) is 142 Å². The molecule has 0 aromatic heterocycles. The molecule has 1 heterocycles. The number of carboxylic acid groups (broad SMARTS) is 2. The number of amides is 2. The van der Waals surface area contributed by atoms with Crippen LogP contribution in [0.1, 0.15) is 47.5 Å². The van der Waals surface area contributed by atoms with E-state index in [1.165, 1.54) is 12.2 Å². The number of carboxylic acids is 2. The lowest BCUT2D eigenvalue weighted by Gasteiger charge is -2.43. The van der Waals surface area contributed by atoms with E-state index in [-0.39, 0.29) is 36.9 Å². The van der Waals surface area contributed by atoms with Crippen LogP contribution in [0.15, 0.2) is 36.5 Å². The van der Waals surface area contributed by atoms with Crippen LogP contribution >= 0.6 is 0 Å². The van der Waals surface area contributed by atoms with Crippen molar-refractivity contribution < 1.29 is 34.1 Å². The molecule has 34 heavy (non-hydrogen) atoms. The van der Waals surface area contributed by atoms with Crippen LogP contribution in [0.2, 0.25) is 0 Å². The van der Waals surface area contributed by atoms with Crippen molar-refractivity contribution in [3.8, 4) is 0 Å². The third-order valence-electron chi connectivity index (χ3n) is 5.67. The van der Waals surface area contributed by atoms with Gasteiger partial charge in [-0.2, -0.15) is 0 Å². The summed E-state index contributed by atoms with van der Waals surface area (Å²) in [5.41, 5.74) is 0.146. The molecule has 1 aliphatic heterocycles. The molecule has 1 fully saturated rings. The van der Waals surface area contributed by atoms with Crippen molar-refractivity contribution in [2.24, 2.45) is 23.2 Å². The maximum atomic E-state index is 13.0. The standard InChI is InChI=1S/C25H38N2O7/c1-8-10-26-21(28)15-12-16(34-17(13-25(5,6)7)19(15)23(30)31)20(24(32)33)18(14(3)4)22(29)27-11-9-2/h8-9,15-17,19-20H,1-2,10-13H2,3-7H3,(H,26,28)(H,27,29)(H,30,31)(H,32,33). The minimum Gasteiger partial charge on any atom is -0.481 e. The third-order valence-corrected chi connectivity index (χ3v) is 5.67. The maximum Gasteiger partial charge on any atom is 0.313 e. The monoisotopic (exact) mass is 478 g/mol. The number of carbonyl (C=O) groups excluding carboxylic acids is 2. The Morgan fingerprint density at radius 2 is 1.62 bits per heavy atom. The summed E-state index contributed by atoms with van der Waals surface area (Å²) < 4.78 is 6.13. The normalized spacial score (nSPS) is 23.2. The number of allylic oxidation sites excluding steroid dienone is 1. The minimum atomic E-state index is -1.39. The quantitative estimate of drug-likeness (QED) is 0.264. The molecule has 0 bridgehead atoms. The van der Waals surface area contributed by atoms with Crippen molar-refractivity contribution in [2.45, 2.75) is 59.7 Å². The van der Waals surface area contributed by atoms with Gasteiger partial charge in [-0.25, -0.2) is 0 Å². The molecule has 1 aliphatic rings. The number of aliphatic carboxylic acids is 2. The molecular weight excluding hydrogens is 440 g/mol. The molecule has 0 radical (unpaired) electrons. The molecular formula is C25H38N2O7. The van der Waals surface area contributed by atoms with Gasteiger partial charge >= 0.3 is 11.9 Å². The Balaban J connectivity index is 3.56. The van der Waals surface area contributed by atoms with E-state index in [0.717, 1.165) is 0 Å². The highest BCUT2D eigenvalue weighted by Gasteiger charge is 2.51. The van der Waals surface area contributed by atoms with E-state index >= 15 is 0 Å². The summed E-state index contributed by atoms with van der Waals surface area (Å²) >= 11 is 0. The van der Waals surface area contributed by atoms with E-state index in [4.69, 9.17) is 4.74 Å². The third kappa shape index (κ3) is 7.83. The molecule has 5 unspecified atom stereocenters. The molecule has 4 N–H and O–H groups in total. The van der Waals surface area contributed by atoms with Gasteiger partial charge in [0.05, 0.1) is 24.0 Å². The van der Waals surface area contributed by atoms with Crippen LogP contribution in [0.3, 0.4) is 0 Å². The molecule has 2 amide bonds. The van der Waals surface area contributed by atoms with Crippen LogP contribution in [0.25, 0.3) is 0 Å². The molecule has 1 saturated heterocycles. The smallest absolute Gasteiger partial charge is 0.313 e. The number of nitrogens with one attached hydrogen (secondary N) is 2. The Labute approximate surface area is 201 Å². The summed E-state index contributed by atoms with van der Waals surface area (Å²) in [4.78, 5) is 50.5. The van der Waals surface area contributed by atoms with Gasteiger partial charge in [-0.15, -0.1) is 13.2 Å². The molecule has 9 nitrogen and oxygen atoms in total. The first-order valence-corrected chi connectivity index (χ1v) is 11.3. The second kappa shape index (κ2) is 12.5. The van der Waals surface area contributed by atoms with Crippen molar-refractivity contribution in [1.29, 1.82) is 0 Å². The van der Waals surface area contributed by atoms with E-state index in [1.807, 2.05) is 20.8 Å². The van der Waals surface area contributed by atoms with Crippen LogP contribution in [0.5, 0.6) is 0 Å². The number of ether oxygens (including phenoxy) is 1. The van der Waals surface area contributed by atoms with E-state index < -0.39 is 53.7 Å². The Morgan fingerprint density at radius 1 is 1.06 bits per heavy atom. The van der Waals surface area contributed by atoms with Crippen LogP contribution in [-0.4, -0.2) is 59.3 Å². The lowest BCUT2D eigenvalue weighted by molar-refractivity contribution is -0.182. The second-order valence-corrected chi connectivity index (χ2v) is 9.95. The first-order valence-electron chi connectivity index (χ1n) is 11.3. The molecule has 0 saturated carbocycles. The van der Waals surface area contributed by atoms with Gasteiger partial charge in [-0.3, -0.25) is 19.2 Å². The molecule has 0 aliphatic carbocycles. The van der Waals surface area contributed by atoms with E-state index in [2.05, 4.69) is 23.8 Å². The Hall–Kier alpha value is -2.94. The fourth-order valence-corrected chi connectivity index (χ4v) is 4.33. The van der Waals surface area contributed by atoms with E-state index in [1.54, 1.807) is 13.8 Å². The van der Waals surface area contributed by atoms with Crippen LogP contribution in [-0.2, 0) is 23.9 Å². The highest BCUT2D eigenvalue weighted by atomic mass is 16.5. The zero-order chi connectivity index (χ0) is 26.2. The van der Waals surface area contributed by atoms with Gasteiger partial charge in [-0.1, -0.05) is 38.5 Å². The maximum absolute atomic E-state index is 13.0. The predicted octanol–water partition coefficient (Wildman–Crippen LogP) is 2.54. The van der Waals surface area contributed by atoms with Crippen LogP contribution < -0.4 is 10.6 Å². The summed E-state index contributed by atoms with van der Waals surface area (Å²) in [6, 6.07) is 0. The molecule has 190 valence electrons. The molecule has 1 rings (SSSR count). The summed E-state index contributed by atoms with van der Waals surface area (Å²) in [5, 5.41) is 25.4. The molecule has 0 spiro atoms. The van der Waals surface area contributed by atoms with Crippen molar-refractivity contribution in [1.82, 2.24) is 10.6 Å². The fourth-order valence-electron chi connectivity index (χ4n) is 4.33. The zero-order valence-corrected chi connectivity index (χ0v) is 20.7. The highest BCUT2D eigenvalue weighted by molar-refractivity contribution is 5.99. The van der Waals surface area contributed by atoms with Crippen molar-refractivity contribution >= 4 is 23.8 Å². The van der Waals surface area contributed by atoms with Crippen LogP contribution in [0, 0.1) is 23.2 Å². The van der Waals surface area contributed by atoms with Crippen LogP contribution in [0.4, 0.5) is 0 Å². The van der Waals surface area contributed by atoms with Gasteiger partial charge < -0.3 is 25.6 Å². The lowest BCUT2D eigenvalue weighted by atomic mass is 9.72. The minimum absolute atomic E-state index is 0.0212. The van der Waals surface area contributed by atoms with Crippen molar-refractivity contribution in [2.75, 3.05) is 13.1 Å². The van der Waals surface area contributed by atoms with Gasteiger partial charge in [0.2, 0.25) is 11.8 Å². The SMILES string of the molecule is C=CCNC(=O)C(=C(C)C)C(C(=O)O)C1CC(C(=O)NCC=C)C(C(=O)O)C(CC(C)(C)C)O1. The predicted molar refractivity (Wildman–Crippen MR) is 128 cm³/mol. The average molecular weight is 479 g/mol. The van der Waals surface area contributed by atoms with Crippen molar-refractivity contribution in [3.05, 3.63) is 36.5 Å². The lowest BCUT2D eigenvalue weighted by Crippen LogP contribution is -2.54. The number of carbonyl (C=O) groups is 4. The van der Waals surface area contributed by atoms with Gasteiger partial charge in [0, 0.05) is 18.7 Å². The van der Waals surface area contributed by atoms with Crippen molar-refractivity contribution in [3.63, 3.8) is 0 Å². The first kappa shape index (κ1) is 29.1. The molecule has 0 aromatic carbocycles. The summed E-state index contributed by atoms with van der Waals surface area (Å²) in [6.45, 7) is 16.4. The van der Waals surface area contributed by atoms with Gasteiger partial charge in [0.25, 0.3) is 0 Å². The fraction of sp³-hybridized carbons (Fsp3) is 0.600. The molecule has 5 atom stereocenters. The Morgan fingerprint density at radius 3 is 2.06 bits per heavy atom. The van der Waals surface area contributed by atoms with Gasteiger partial charge in [0.1, 0.15) is 5.92 Å². The number of hydrogen-bond donors (Lipinski definition) is 4. The zero-order valence-electron chi connectivity index (χ0n) is 20.7. The largest absolute Gasteiger partial charge is 0.481 e. The van der Waals surface area contributed by atoms with Gasteiger partial charge in [0.15, 0.2) is 0 Å². The number of hydrogen-bond acceptors (Lipinski definition) is 5. The molecule has 9 heteroatoms. The van der Waals surface area contributed by atoms with E-state index in [9.17, 15) is 29.4 Å². The number of rotatable bonds is 11. The highest BCUT2D eigenvalue weighted by Crippen LogP contribution is 2.41. The molecule has 0 aromatic rings. The average Bonchev–Trinajstić information content (AvgIpc) is 2.71. The Bertz CT molecular complexity index is 837. The first-order chi connectivity index (χ1) is 15.7. The second-order valence-electron chi connectivity index (χ2n) is 9.95. The summed E-state index contributed by atoms with van der Waals surface area (Å²) in [5.74, 6) is -7.16. The van der Waals surface area contributed by atoms with Gasteiger partial charge in [-0.05, 0) is 32.1 Å². The summed E-state index contributed by atoms with van der Waals surface area (Å²) in [6.07, 6.45) is 1.06.